The molecule has 2 aliphatic heterocycles. The Morgan fingerprint density at radius 3 is 2.56 bits per heavy atom. The number of nitrogens with one attached hydrogen (secondary N) is 1. The topological polar surface area (TPSA) is 69.7 Å². The second kappa shape index (κ2) is 7.23. The number of halogens is 1. The van der Waals surface area contributed by atoms with Crippen LogP contribution in [-0.2, 0) is 21.2 Å². The minimum Gasteiger partial charge on any atom is -0.311 e. The number of carbonyl (C=O) groups is 1. The molecule has 1 amide bonds. The van der Waals surface area contributed by atoms with E-state index in [1.165, 1.54) is 0 Å². The molecule has 1 aromatic carbocycles. The van der Waals surface area contributed by atoms with E-state index in [9.17, 15) is 13.2 Å². The number of piperazine rings is 1. The molecule has 0 bridgehead atoms. The lowest BCUT2D eigenvalue weighted by Crippen LogP contribution is -2.57. The highest BCUT2D eigenvalue weighted by atomic mass is 35.5. The molecule has 3 unspecified atom stereocenters. The Bertz CT molecular complexity index is 768. The molecule has 3 rings (SSSR count). The van der Waals surface area contributed by atoms with Crippen molar-refractivity contribution >= 4 is 34.0 Å². The van der Waals surface area contributed by atoms with Crippen molar-refractivity contribution < 1.29 is 13.2 Å². The minimum atomic E-state index is -3.53. The average molecular weight is 388 g/mol. The van der Waals surface area contributed by atoms with Gasteiger partial charge in [-0.05, 0) is 51.0 Å². The molecule has 140 valence electrons. The van der Waals surface area contributed by atoms with Crippen LogP contribution in [0.5, 0.6) is 0 Å². The maximum Gasteiger partial charge on any atom is 0.243 e. The van der Waals surface area contributed by atoms with Gasteiger partial charge in [-0.1, -0.05) is 0 Å². The third-order valence-electron chi connectivity index (χ3n) is 5.19. The molecular formula is C17H26ClN3O3S. The third kappa shape index (κ3) is 3.43. The normalized spacial score (nSPS) is 26.9. The molecule has 0 aromatic heterocycles. The van der Waals surface area contributed by atoms with Crippen LogP contribution in [0.2, 0.25) is 0 Å². The monoisotopic (exact) mass is 387 g/mol. The van der Waals surface area contributed by atoms with Crippen molar-refractivity contribution in [3.8, 4) is 0 Å². The smallest absolute Gasteiger partial charge is 0.243 e. The molecule has 25 heavy (non-hydrogen) atoms. The zero-order valence-corrected chi connectivity index (χ0v) is 16.7. The summed E-state index contributed by atoms with van der Waals surface area (Å²) >= 11 is 0. The van der Waals surface area contributed by atoms with Crippen LogP contribution < -0.4 is 10.2 Å². The van der Waals surface area contributed by atoms with Gasteiger partial charge < -0.3 is 10.2 Å². The molecule has 0 spiro atoms. The van der Waals surface area contributed by atoms with Gasteiger partial charge in [-0.15, -0.1) is 12.4 Å². The van der Waals surface area contributed by atoms with Gasteiger partial charge >= 0.3 is 0 Å². The quantitative estimate of drug-likeness (QED) is 0.839. The number of hydrogen-bond donors (Lipinski definition) is 1. The van der Waals surface area contributed by atoms with Crippen molar-refractivity contribution in [1.29, 1.82) is 0 Å². The average Bonchev–Trinajstić information content (AvgIpc) is 2.84. The van der Waals surface area contributed by atoms with Gasteiger partial charge in [0.05, 0.1) is 4.90 Å². The number of amides is 1. The number of rotatable bonds is 2. The fourth-order valence-corrected chi connectivity index (χ4v) is 5.50. The van der Waals surface area contributed by atoms with E-state index in [1.807, 2.05) is 20.8 Å². The van der Waals surface area contributed by atoms with Gasteiger partial charge in [0, 0.05) is 43.8 Å². The number of hydrogen-bond acceptors (Lipinski definition) is 4. The van der Waals surface area contributed by atoms with Crippen molar-refractivity contribution in [1.82, 2.24) is 9.62 Å². The Balaban J connectivity index is 0.00000225. The summed E-state index contributed by atoms with van der Waals surface area (Å²) in [5.74, 6) is -0.0126. The van der Waals surface area contributed by atoms with Crippen LogP contribution in [0, 0.1) is 0 Å². The van der Waals surface area contributed by atoms with Crippen molar-refractivity contribution in [2.75, 3.05) is 18.0 Å². The Hall–Kier alpha value is -1.15. The predicted molar refractivity (Wildman–Crippen MR) is 101 cm³/mol. The number of sulfonamides is 1. The van der Waals surface area contributed by atoms with Gasteiger partial charge in [0.2, 0.25) is 15.9 Å². The summed E-state index contributed by atoms with van der Waals surface area (Å²) in [6, 6.07) is 5.23. The lowest BCUT2D eigenvalue weighted by atomic mass is 10.1. The molecule has 1 N–H and O–H groups in total. The number of fused-ring (bicyclic) bond motifs is 1. The molecule has 2 aliphatic rings. The van der Waals surface area contributed by atoms with E-state index < -0.39 is 10.0 Å². The fraction of sp³-hybridized carbons (Fsp3) is 0.588. The molecule has 1 fully saturated rings. The lowest BCUT2D eigenvalue weighted by molar-refractivity contribution is -0.116. The highest BCUT2D eigenvalue weighted by Crippen LogP contribution is 2.35. The number of anilines is 1. The fourth-order valence-electron chi connectivity index (χ4n) is 3.75. The summed E-state index contributed by atoms with van der Waals surface area (Å²) in [5.41, 5.74) is 1.75. The highest BCUT2D eigenvalue weighted by Gasteiger charge is 2.36. The molecular weight excluding hydrogens is 362 g/mol. The first-order valence-corrected chi connectivity index (χ1v) is 9.85. The molecule has 1 aromatic rings. The van der Waals surface area contributed by atoms with Gasteiger partial charge in [-0.3, -0.25) is 4.79 Å². The molecule has 1 saturated heterocycles. The van der Waals surface area contributed by atoms with E-state index in [0.29, 0.717) is 24.4 Å². The van der Waals surface area contributed by atoms with Crippen LogP contribution in [-0.4, -0.2) is 49.8 Å². The summed E-state index contributed by atoms with van der Waals surface area (Å²) in [6.07, 6.45) is 0.686. The molecule has 0 saturated carbocycles. The number of benzene rings is 1. The molecule has 2 heterocycles. The Morgan fingerprint density at radius 1 is 1.24 bits per heavy atom. The SMILES string of the molecule is CC(=O)N1c2ccc(S(=O)(=O)N3CCNC(C)C3C)cc2CC1C.Cl. The second-order valence-corrected chi connectivity index (χ2v) is 8.72. The molecule has 8 heteroatoms. The first-order chi connectivity index (χ1) is 11.2. The Labute approximate surface area is 156 Å². The molecule has 6 nitrogen and oxygen atoms in total. The maximum atomic E-state index is 13.1. The van der Waals surface area contributed by atoms with E-state index >= 15 is 0 Å². The first-order valence-electron chi connectivity index (χ1n) is 8.41. The Kier molecular flexibility index (Phi) is 5.83. The second-order valence-electron chi connectivity index (χ2n) is 6.83. The summed E-state index contributed by atoms with van der Waals surface area (Å²) < 4.78 is 27.7. The van der Waals surface area contributed by atoms with E-state index in [2.05, 4.69) is 5.32 Å². The molecule has 3 atom stereocenters. The highest BCUT2D eigenvalue weighted by molar-refractivity contribution is 7.89. The van der Waals surface area contributed by atoms with E-state index in [-0.39, 0.29) is 36.4 Å². The van der Waals surface area contributed by atoms with Crippen LogP contribution >= 0.6 is 12.4 Å². The van der Waals surface area contributed by atoms with Crippen LogP contribution in [0.1, 0.15) is 33.3 Å². The zero-order valence-electron chi connectivity index (χ0n) is 15.0. The summed E-state index contributed by atoms with van der Waals surface area (Å²) in [4.78, 5) is 13.9. The largest absolute Gasteiger partial charge is 0.311 e. The number of carbonyl (C=O) groups excluding carboxylic acids is 1. The van der Waals surface area contributed by atoms with E-state index in [4.69, 9.17) is 0 Å². The van der Waals surface area contributed by atoms with E-state index in [0.717, 1.165) is 11.3 Å². The molecule has 0 radical (unpaired) electrons. The van der Waals surface area contributed by atoms with Crippen molar-refractivity contribution in [3.63, 3.8) is 0 Å². The zero-order chi connectivity index (χ0) is 17.6. The van der Waals surface area contributed by atoms with Gasteiger partial charge in [0.1, 0.15) is 0 Å². The summed E-state index contributed by atoms with van der Waals surface area (Å²) in [5, 5.41) is 3.30. The van der Waals surface area contributed by atoms with Crippen LogP contribution in [0.4, 0.5) is 5.69 Å². The Morgan fingerprint density at radius 2 is 1.92 bits per heavy atom. The van der Waals surface area contributed by atoms with Crippen LogP contribution in [0.3, 0.4) is 0 Å². The van der Waals surface area contributed by atoms with Crippen molar-refractivity contribution in [3.05, 3.63) is 23.8 Å². The lowest BCUT2D eigenvalue weighted by Gasteiger charge is -2.37. The van der Waals surface area contributed by atoms with Gasteiger partial charge in [0.15, 0.2) is 0 Å². The van der Waals surface area contributed by atoms with Crippen LogP contribution in [0.25, 0.3) is 0 Å². The summed E-state index contributed by atoms with van der Waals surface area (Å²) in [6.45, 7) is 8.59. The van der Waals surface area contributed by atoms with E-state index in [1.54, 1.807) is 34.3 Å². The van der Waals surface area contributed by atoms with Crippen molar-refractivity contribution in [2.45, 2.75) is 57.1 Å². The van der Waals surface area contributed by atoms with Gasteiger partial charge in [0.25, 0.3) is 0 Å². The number of nitrogens with zero attached hydrogens (tertiary/aromatic N) is 2. The first kappa shape index (κ1) is 20.2. The maximum absolute atomic E-state index is 13.1. The van der Waals surface area contributed by atoms with Gasteiger partial charge in [-0.25, -0.2) is 8.42 Å². The summed E-state index contributed by atoms with van der Waals surface area (Å²) in [7, 11) is -3.53. The van der Waals surface area contributed by atoms with Crippen molar-refractivity contribution in [2.24, 2.45) is 0 Å². The van der Waals surface area contributed by atoms with Gasteiger partial charge in [-0.2, -0.15) is 4.31 Å². The third-order valence-corrected chi connectivity index (χ3v) is 7.17. The standard InChI is InChI=1S/C17H25N3O3S.ClH/c1-11-9-15-10-16(5-6-17(15)20(11)14(4)21)24(22,23)19-8-7-18-12(2)13(19)3;/h5-6,10-13,18H,7-9H2,1-4H3;1H. The predicted octanol–water partition coefficient (Wildman–Crippen LogP) is 1.78. The molecule has 0 aliphatic carbocycles. The minimum absolute atomic E-state index is 0. The van der Waals surface area contributed by atoms with Crippen LogP contribution in [0.15, 0.2) is 23.1 Å².